The second kappa shape index (κ2) is 11.6. The van der Waals surface area contributed by atoms with Gasteiger partial charge in [-0.1, -0.05) is 35.5 Å². The zero-order valence-corrected chi connectivity index (χ0v) is 17.8. The minimum absolute atomic E-state index is 0.201. The Labute approximate surface area is 185 Å². The van der Waals surface area contributed by atoms with Gasteiger partial charge in [-0.05, 0) is 36.8 Å². The highest BCUT2D eigenvalue weighted by Gasteiger charge is 2.12. The van der Waals surface area contributed by atoms with Crippen LogP contribution >= 0.6 is 0 Å². The van der Waals surface area contributed by atoms with Crippen LogP contribution in [0.1, 0.15) is 23.4 Å². The zero-order chi connectivity index (χ0) is 22.8. The summed E-state index contributed by atoms with van der Waals surface area (Å²) in [4.78, 5) is 20.3. The van der Waals surface area contributed by atoms with Gasteiger partial charge in [0.05, 0.1) is 24.4 Å². The molecule has 2 aromatic carbocycles. The summed E-state index contributed by atoms with van der Waals surface area (Å²) in [6.07, 6.45) is 0.622. The molecular formula is C24H25FN2O5. The van der Waals surface area contributed by atoms with Gasteiger partial charge in [0.2, 0.25) is 5.89 Å². The van der Waals surface area contributed by atoms with Crippen LogP contribution in [0.3, 0.4) is 0 Å². The third-order valence-corrected chi connectivity index (χ3v) is 4.57. The molecule has 32 heavy (non-hydrogen) atoms. The monoisotopic (exact) mass is 440 g/mol. The van der Waals surface area contributed by atoms with Crippen LogP contribution in [0.25, 0.3) is 11.5 Å². The molecular weight excluding hydrogens is 415 g/mol. The number of hydrogen-bond donors (Lipinski definition) is 1. The summed E-state index contributed by atoms with van der Waals surface area (Å²) in [7, 11) is 0. The van der Waals surface area contributed by atoms with Gasteiger partial charge in [0.25, 0.3) is 0 Å². The van der Waals surface area contributed by atoms with Crippen LogP contribution in [0.4, 0.5) is 4.39 Å². The highest BCUT2D eigenvalue weighted by molar-refractivity contribution is 5.99. The lowest BCUT2D eigenvalue weighted by Crippen LogP contribution is -2.11. The fraction of sp³-hybridized carbons (Fsp3) is 0.292. The molecule has 1 heterocycles. The molecule has 1 aromatic heterocycles. The maximum absolute atomic E-state index is 12.2. The first kappa shape index (κ1) is 23.0. The largest absolute Gasteiger partial charge is 0.493 e. The summed E-state index contributed by atoms with van der Waals surface area (Å²) in [6, 6.07) is 17.0. The second-order valence-electron chi connectivity index (χ2n) is 7.06. The van der Waals surface area contributed by atoms with Gasteiger partial charge < -0.3 is 19.1 Å². The van der Waals surface area contributed by atoms with E-state index < -0.39 is 12.6 Å². The molecule has 0 saturated heterocycles. The van der Waals surface area contributed by atoms with E-state index in [2.05, 4.69) is 10.1 Å². The minimum atomic E-state index is -1.02. The van der Waals surface area contributed by atoms with E-state index in [-0.39, 0.29) is 13.0 Å². The van der Waals surface area contributed by atoms with Crippen molar-refractivity contribution in [3.63, 3.8) is 0 Å². The lowest BCUT2D eigenvalue weighted by Gasteiger charge is -2.08. The Morgan fingerprint density at radius 1 is 1.12 bits per heavy atom. The first-order valence-electron chi connectivity index (χ1n) is 10.2. The van der Waals surface area contributed by atoms with Crippen molar-refractivity contribution in [3.8, 4) is 17.2 Å². The molecule has 0 aliphatic heterocycles. The standard InChI is InChI=1S/C24H25FN2O5/c1-17-22(26-24(32-17)19-5-3-2-4-6-19)11-13-30-21-9-7-18(8-10-21)15-20(16-23(28)29)27-31-14-12-25/h2-10H,11-16H2,1H3,(H,28,29)/b27-20-. The average molecular weight is 440 g/mol. The lowest BCUT2D eigenvalue weighted by atomic mass is 10.1. The van der Waals surface area contributed by atoms with E-state index in [0.29, 0.717) is 36.8 Å². The summed E-state index contributed by atoms with van der Waals surface area (Å²) in [5, 5.41) is 12.7. The highest BCUT2D eigenvalue weighted by Crippen LogP contribution is 2.22. The smallest absolute Gasteiger partial charge is 0.309 e. The molecule has 3 aromatic rings. The molecule has 0 fully saturated rings. The third-order valence-electron chi connectivity index (χ3n) is 4.57. The van der Waals surface area contributed by atoms with Gasteiger partial charge in [-0.15, -0.1) is 0 Å². The van der Waals surface area contributed by atoms with Crippen molar-refractivity contribution in [2.24, 2.45) is 5.16 Å². The topological polar surface area (TPSA) is 94.2 Å². The molecule has 1 N–H and O–H groups in total. The first-order chi connectivity index (χ1) is 15.5. The predicted molar refractivity (Wildman–Crippen MR) is 118 cm³/mol. The summed E-state index contributed by atoms with van der Waals surface area (Å²) in [5.41, 5.74) is 2.94. The number of alkyl halides is 1. The Bertz CT molecular complexity index is 1030. The van der Waals surface area contributed by atoms with Crippen LogP contribution in [0, 0.1) is 6.92 Å². The fourth-order valence-corrected chi connectivity index (χ4v) is 3.04. The molecule has 0 saturated carbocycles. The summed E-state index contributed by atoms with van der Waals surface area (Å²) < 4.78 is 23.7. The molecule has 7 nitrogen and oxygen atoms in total. The fourth-order valence-electron chi connectivity index (χ4n) is 3.04. The van der Waals surface area contributed by atoms with Crippen molar-refractivity contribution in [2.75, 3.05) is 19.9 Å². The number of carboxylic acid groups (broad SMARTS) is 1. The summed E-state index contributed by atoms with van der Waals surface area (Å²) in [6.45, 7) is 1.44. The van der Waals surface area contributed by atoms with Crippen LogP contribution in [0.2, 0.25) is 0 Å². The van der Waals surface area contributed by atoms with Crippen molar-refractivity contribution in [1.82, 2.24) is 4.98 Å². The maximum Gasteiger partial charge on any atom is 0.309 e. The first-order valence-corrected chi connectivity index (χ1v) is 10.2. The van der Waals surface area contributed by atoms with Crippen LogP contribution < -0.4 is 4.74 Å². The number of nitrogens with zero attached hydrogens (tertiary/aromatic N) is 2. The molecule has 0 atom stereocenters. The number of aliphatic carboxylic acids is 1. The van der Waals surface area contributed by atoms with Crippen molar-refractivity contribution in [1.29, 1.82) is 0 Å². The number of carbonyl (C=O) groups is 1. The number of oxazole rings is 1. The number of aryl methyl sites for hydroxylation is 1. The highest BCUT2D eigenvalue weighted by atomic mass is 19.1. The molecule has 8 heteroatoms. The van der Waals surface area contributed by atoms with Crippen LogP contribution in [0.15, 0.2) is 64.2 Å². The Kier molecular flexibility index (Phi) is 8.36. The van der Waals surface area contributed by atoms with E-state index in [0.717, 1.165) is 22.6 Å². The Morgan fingerprint density at radius 2 is 1.88 bits per heavy atom. The quantitative estimate of drug-likeness (QED) is 0.251. The van der Waals surface area contributed by atoms with Gasteiger partial charge in [0.15, 0.2) is 0 Å². The van der Waals surface area contributed by atoms with E-state index in [4.69, 9.17) is 19.1 Å². The SMILES string of the molecule is Cc1oc(-c2ccccc2)nc1CCOc1ccc(C/C(CC(=O)O)=N/OCCF)cc1. The van der Waals surface area contributed by atoms with E-state index in [1.165, 1.54) is 0 Å². The van der Waals surface area contributed by atoms with E-state index in [1.807, 2.05) is 49.4 Å². The molecule has 0 amide bonds. The molecule has 0 aliphatic carbocycles. The number of hydrogen-bond acceptors (Lipinski definition) is 6. The number of aromatic nitrogens is 1. The lowest BCUT2D eigenvalue weighted by molar-refractivity contribution is -0.135. The number of ether oxygens (including phenoxy) is 1. The molecule has 0 aliphatic rings. The predicted octanol–water partition coefficient (Wildman–Crippen LogP) is 4.63. The molecule has 168 valence electrons. The van der Waals surface area contributed by atoms with Crippen LogP contribution in [-0.2, 0) is 22.5 Å². The van der Waals surface area contributed by atoms with Gasteiger partial charge in [0, 0.05) is 18.4 Å². The molecule has 0 radical (unpaired) electrons. The Hall–Kier alpha value is -3.68. The van der Waals surface area contributed by atoms with Crippen molar-refractivity contribution >= 4 is 11.7 Å². The number of oxime groups is 1. The third kappa shape index (κ3) is 6.94. The van der Waals surface area contributed by atoms with E-state index in [1.54, 1.807) is 12.1 Å². The number of carboxylic acids is 1. The van der Waals surface area contributed by atoms with Crippen LogP contribution in [0.5, 0.6) is 5.75 Å². The Morgan fingerprint density at radius 3 is 2.56 bits per heavy atom. The van der Waals surface area contributed by atoms with E-state index in [9.17, 15) is 9.18 Å². The molecule has 0 bridgehead atoms. The number of rotatable bonds is 12. The normalized spacial score (nSPS) is 11.4. The maximum atomic E-state index is 12.2. The van der Waals surface area contributed by atoms with Crippen molar-refractivity contribution in [3.05, 3.63) is 71.6 Å². The minimum Gasteiger partial charge on any atom is -0.493 e. The molecule has 0 unspecified atom stereocenters. The summed E-state index contributed by atoms with van der Waals surface area (Å²) in [5.74, 6) is 1.02. The van der Waals surface area contributed by atoms with Gasteiger partial charge in [-0.25, -0.2) is 9.37 Å². The van der Waals surface area contributed by atoms with Gasteiger partial charge in [0.1, 0.15) is 24.8 Å². The second-order valence-corrected chi connectivity index (χ2v) is 7.06. The molecule has 0 spiro atoms. The van der Waals surface area contributed by atoms with Gasteiger partial charge in [-0.2, -0.15) is 0 Å². The zero-order valence-electron chi connectivity index (χ0n) is 17.8. The molecule has 3 rings (SSSR count). The number of benzene rings is 2. The van der Waals surface area contributed by atoms with Crippen molar-refractivity contribution in [2.45, 2.75) is 26.2 Å². The average Bonchev–Trinajstić information content (AvgIpc) is 3.16. The number of halogens is 1. The van der Waals surface area contributed by atoms with Gasteiger partial charge >= 0.3 is 5.97 Å². The van der Waals surface area contributed by atoms with Crippen LogP contribution in [-0.4, -0.2) is 41.7 Å². The Balaban J connectivity index is 1.53. The van der Waals surface area contributed by atoms with Crippen molar-refractivity contribution < 1.29 is 28.3 Å². The van der Waals surface area contributed by atoms with Gasteiger partial charge in [-0.3, -0.25) is 4.79 Å². The summed E-state index contributed by atoms with van der Waals surface area (Å²) >= 11 is 0. The van der Waals surface area contributed by atoms with E-state index >= 15 is 0 Å².